The lowest BCUT2D eigenvalue weighted by Crippen LogP contribution is -2.37. The maximum absolute atomic E-state index is 13.7. The number of rotatable bonds is 5. The van der Waals surface area contributed by atoms with Crippen LogP contribution in [0.25, 0.3) is 0 Å². The van der Waals surface area contributed by atoms with Gasteiger partial charge in [0.05, 0.1) is 12.2 Å². The second-order valence-electron chi connectivity index (χ2n) is 7.36. The molecule has 31 heavy (non-hydrogen) atoms. The summed E-state index contributed by atoms with van der Waals surface area (Å²) in [6, 6.07) is 9.63. The summed E-state index contributed by atoms with van der Waals surface area (Å²) in [6.07, 6.45) is 6.17. The normalized spacial score (nSPS) is 17.9. The second kappa shape index (κ2) is 8.59. The topological polar surface area (TPSA) is 53.1 Å². The molecule has 0 radical (unpaired) electrons. The van der Waals surface area contributed by atoms with Gasteiger partial charge in [0.2, 0.25) is 5.91 Å². The van der Waals surface area contributed by atoms with Crippen LogP contribution in [-0.4, -0.2) is 47.5 Å². The van der Waals surface area contributed by atoms with E-state index in [0.717, 1.165) is 30.3 Å². The van der Waals surface area contributed by atoms with E-state index in [1.807, 2.05) is 17.3 Å². The molecule has 0 saturated carbocycles. The molecule has 8 heteroatoms. The number of nitrogens with zero attached hydrogens (tertiary/aromatic N) is 3. The maximum atomic E-state index is 13.7. The van der Waals surface area contributed by atoms with E-state index in [-0.39, 0.29) is 17.7 Å². The van der Waals surface area contributed by atoms with Gasteiger partial charge in [-0.25, -0.2) is 13.6 Å². The van der Waals surface area contributed by atoms with E-state index in [0.29, 0.717) is 19.8 Å². The monoisotopic (exact) mass is 425 g/mol. The van der Waals surface area contributed by atoms with Crippen LogP contribution in [0, 0.1) is 11.6 Å². The number of ether oxygens (including phenoxy) is 1. The molecule has 2 aromatic carbocycles. The summed E-state index contributed by atoms with van der Waals surface area (Å²) in [5.74, 6) is -2.34. The molecule has 0 aliphatic carbocycles. The Morgan fingerprint density at radius 2 is 1.87 bits per heavy atom. The molecular formula is C23H21F2N3O3. The van der Waals surface area contributed by atoms with E-state index < -0.39 is 23.2 Å². The van der Waals surface area contributed by atoms with Crippen molar-refractivity contribution in [2.24, 2.45) is 0 Å². The maximum Gasteiger partial charge on any atom is 0.346 e. The number of amides is 1. The van der Waals surface area contributed by atoms with Gasteiger partial charge < -0.3 is 19.4 Å². The SMILES string of the molecule is C=CC(=O)N1CC[C@@H](N2C=CN(c3ccc(OC(=O)c4cc(F)ccc4F)cc3)C2)C1. The number of esters is 1. The van der Waals surface area contributed by atoms with E-state index in [4.69, 9.17) is 4.74 Å². The first-order chi connectivity index (χ1) is 14.9. The molecule has 2 heterocycles. The van der Waals surface area contributed by atoms with Crippen molar-refractivity contribution in [1.82, 2.24) is 9.80 Å². The molecule has 2 aliphatic rings. The lowest BCUT2D eigenvalue weighted by Gasteiger charge is -2.26. The van der Waals surface area contributed by atoms with Gasteiger partial charge >= 0.3 is 5.97 Å². The molecule has 0 N–H and O–H groups in total. The molecule has 1 fully saturated rings. The summed E-state index contributed by atoms with van der Waals surface area (Å²) in [4.78, 5) is 29.9. The van der Waals surface area contributed by atoms with Crippen molar-refractivity contribution in [3.8, 4) is 5.75 Å². The van der Waals surface area contributed by atoms with Gasteiger partial charge in [0.1, 0.15) is 17.4 Å². The number of halogens is 2. The quantitative estimate of drug-likeness (QED) is 0.417. The Morgan fingerprint density at radius 1 is 1.10 bits per heavy atom. The third kappa shape index (κ3) is 4.42. The third-order valence-electron chi connectivity index (χ3n) is 5.40. The lowest BCUT2D eigenvalue weighted by molar-refractivity contribution is -0.125. The van der Waals surface area contributed by atoms with Crippen LogP contribution >= 0.6 is 0 Å². The van der Waals surface area contributed by atoms with Gasteiger partial charge in [-0.15, -0.1) is 0 Å². The minimum Gasteiger partial charge on any atom is -0.423 e. The Labute approximate surface area is 178 Å². The lowest BCUT2D eigenvalue weighted by atomic mass is 10.2. The highest BCUT2D eigenvalue weighted by atomic mass is 19.1. The molecule has 0 unspecified atom stereocenters. The number of likely N-dealkylation sites (tertiary alicyclic amines) is 1. The molecule has 0 spiro atoms. The van der Waals surface area contributed by atoms with Crippen LogP contribution in [0.3, 0.4) is 0 Å². The van der Waals surface area contributed by atoms with Crippen molar-refractivity contribution in [3.63, 3.8) is 0 Å². The molecule has 1 amide bonds. The van der Waals surface area contributed by atoms with Crippen LogP contribution in [0.5, 0.6) is 5.75 Å². The van der Waals surface area contributed by atoms with E-state index in [1.54, 1.807) is 29.2 Å². The Morgan fingerprint density at radius 3 is 2.61 bits per heavy atom. The highest BCUT2D eigenvalue weighted by Crippen LogP contribution is 2.26. The summed E-state index contributed by atoms with van der Waals surface area (Å²) in [7, 11) is 0. The van der Waals surface area contributed by atoms with Crippen molar-refractivity contribution in [2.45, 2.75) is 12.5 Å². The highest BCUT2D eigenvalue weighted by Gasteiger charge is 2.30. The fourth-order valence-electron chi connectivity index (χ4n) is 3.70. The number of carbonyl (C=O) groups excluding carboxylic acids is 2. The van der Waals surface area contributed by atoms with E-state index in [2.05, 4.69) is 11.5 Å². The summed E-state index contributed by atoms with van der Waals surface area (Å²) < 4.78 is 32.2. The second-order valence-corrected chi connectivity index (χ2v) is 7.36. The van der Waals surface area contributed by atoms with Crippen molar-refractivity contribution in [1.29, 1.82) is 0 Å². The molecule has 0 bridgehead atoms. The van der Waals surface area contributed by atoms with Crippen LogP contribution in [0.1, 0.15) is 16.8 Å². The minimum absolute atomic E-state index is 0.0502. The summed E-state index contributed by atoms with van der Waals surface area (Å²) in [5, 5.41) is 0. The number of benzene rings is 2. The first-order valence-corrected chi connectivity index (χ1v) is 9.84. The fraction of sp³-hybridized carbons (Fsp3) is 0.217. The Kier molecular flexibility index (Phi) is 5.70. The molecule has 0 aromatic heterocycles. The van der Waals surface area contributed by atoms with Crippen LogP contribution < -0.4 is 9.64 Å². The molecule has 1 saturated heterocycles. The van der Waals surface area contributed by atoms with Gasteiger partial charge in [0, 0.05) is 37.2 Å². The number of hydrogen-bond acceptors (Lipinski definition) is 5. The van der Waals surface area contributed by atoms with Crippen LogP contribution in [0.15, 0.2) is 67.5 Å². The molecular weight excluding hydrogens is 404 g/mol. The van der Waals surface area contributed by atoms with Crippen LogP contribution in [0.4, 0.5) is 14.5 Å². The number of carbonyl (C=O) groups is 2. The largest absolute Gasteiger partial charge is 0.423 e. The first-order valence-electron chi connectivity index (χ1n) is 9.84. The van der Waals surface area contributed by atoms with Gasteiger partial charge in [-0.05, 0) is 55.0 Å². The summed E-state index contributed by atoms with van der Waals surface area (Å²) in [6.45, 7) is 5.54. The smallest absolute Gasteiger partial charge is 0.346 e. The van der Waals surface area contributed by atoms with E-state index >= 15 is 0 Å². The predicted octanol–water partition coefficient (Wildman–Crippen LogP) is 3.52. The Bertz CT molecular complexity index is 1040. The zero-order valence-corrected chi connectivity index (χ0v) is 16.7. The van der Waals surface area contributed by atoms with Gasteiger partial charge in [-0.2, -0.15) is 0 Å². The minimum atomic E-state index is -0.961. The highest BCUT2D eigenvalue weighted by molar-refractivity contribution is 5.91. The Hall–Kier alpha value is -3.68. The first kappa shape index (κ1) is 20.6. The van der Waals surface area contributed by atoms with Gasteiger partial charge in [0.15, 0.2) is 0 Å². The van der Waals surface area contributed by atoms with Crippen LogP contribution in [-0.2, 0) is 4.79 Å². The van der Waals surface area contributed by atoms with Gasteiger partial charge in [-0.1, -0.05) is 6.58 Å². The molecule has 2 aromatic rings. The zero-order valence-electron chi connectivity index (χ0n) is 16.7. The Balaban J connectivity index is 1.35. The average Bonchev–Trinajstić information content (AvgIpc) is 3.45. The molecule has 2 aliphatic heterocycles. The predicted molar refractivity (Wildman–Crippen MR) is 111 cm³/mol. The standard InChI is InChI=1S/C23H21F2N3O3/c1-2-22(29)26-10-9-18(14-26)28-12-11-27(15-28)17-4-6-19(7-5-17)31-23(30)20-13-16(24)3-8-21(20)25/h2-8,11-13,18H,1,9-10,14-15H2/t18-/m1/s1. The number of hydrogen-bond donors (Lipinski definition) is 0. The molecule has 1 atom stereocenters. The van der Waals surface area contributed by atoms with Gasteiger partial charge in [0.25, 0.3) is 0 Å². The third-order valence-corrected chi connectivity index (χ3v) is 5.40. The zero-order chi connectivity index (χ0) is 22.0. The summed E-state index contributed by atoms with van der Waals surface area (Å²) in [5.41, 5.74) is 0.426. The summed E-state index contributed by atoms with van der Waals surface area (Å²) >= 11 is 0. The van der Waals surface area contributed by atoms with Crippen molar-refractivity contribution in [3.05, 3.63) is 84.7 Å². The van der Waals surface area contributed by atoms with Crippen molar-refractivity contribution < 1.29 is 23.1 Å². The fourth-order valence-corrected chi connectivity index (χ4v) is 3.70. The van der Waals surface area contributed by atoms with Crippen molar-refractivity contribution >= 4 is 17.6 Å². The molecule has 6 nitrogen and oxygen atoms in total. The molecule has 4 rings (SSSR count). The number of anilines is 1. The van der Waals surface area contributed by atoms with Crippen LogP contribution in [0.2, 0.25) is 0 Å². The molecule has 160 valence electrons. The van der Waals surface area contributed by atoms with Gasteiger partial charge in [-0.3, -0.25) is 4.79 Å². The van der Waals surface area contributed by atoms with E-state index in [9.17, 15) is 18.4 Å². The average molecular weight is 425 g/mol. The van der Waals surface area contributed by atoms with E-state index in [1.165, 1.54) is 6.08 Å². The van der Waals surface area contributed by atoms with Crippen molar-refractivity contribution in [2.75, 3.05) is 24.7 Å².